The van der Waals surface area contributed by atoms with Crippen molar-refractivity contribution in [2.75, 3.05) is 33.0 Å². The highest BCUT2D eigenvalue weighted by Crippen LogP contribution is 2.20. The lowest BCUT2D eigenvalue weighted by Gasteiger charge is -2.29. The maximum Gasteiger partial charge on any atom is 0.307 e. The SMILES string of the molecule is CC[C@H](C)C(C[N-]CCOCCCF)C(=O)OCc1ccccc1. The Hall–Kier alpha value is -1.46. The molecule has 1 unspecified atom stereocenters. The van der Waals surface area contributed by atoms with E-state index in [1.165, 1.54) is 0 Å². The minimum Gasteiger partial charge on any atom is -0.660 e. The average molecular weight is 338 g/mol. The van der Waals surface area contributed by atoms with Gasteiger partial charge in [0.2, 0.25) is 0 Å². The predicted molar refractivity (Wildman–Crippen MR) is 93.7 cm³/mol. The summed E-state index contributed by atoms with van der Waals surface area (Å²) in [4.78, 5) is 12.4. The Morgan fingerprint density at radius 3 is 2.67 bits per heavy atom. The molecule has 0 saturated carbocycles. The molecule has 136 valence electrons. The first-order valence-corrected chi connectivity index (χ1v) is 8.66. The molecule has 0 aromatic heterocycles. The fourth-order valence-electron chi connectivity index (χ4n) is 2.23. The van der Waals surface area contributed by atoms with Crippen molar-refractivity contribution in [2.45, 2.75) is 33.3 Å². The second kappa shape index (κ2) is 12.9. The molecule has 0 aliphatic heterocycles. The van der Waals surface area contributed by atoms with Gasteiger partial charge in [0, 0.05) is 19.1 Å². The van der Waals surface area contributed by atoms with Gasteiger partial charge in [-0.05, 0) is 17.9 Å². The molecule has 0 aliphatic rings. The number of hydrogen-bond donors (Lipinski definition) is 0. The van der Waals surface area contributed by atoms with Crippen LogP contribution in [0, 0.1) is 11.8 Å². The monoisotopic (exact) mass is 338 g/mol. The largest absolute Gasteiger partial charge is 0.660 e. The van der Waals surface area contributed by atoms with Crippen LogP contribution < -0.4 is 0 Å². The predicted octanol–water partition coefficient (Wildman–Crippen LogP) is 4.14. The zero-order valence-corrected chi connectivity index (χ0v) is 14.7. The Bertz CT molecular complexity index is 441. The number of hydrogen-bond acceptors (Lipinski definition) is 3. The van der Waals surface area contributed by atoms with Crippen LogP contribution in [0.4, 0.5) is 4.39 Å². The van der Waals surface area contributed by atoms with Crippen LogP contribution in [0.3, 0.4) is 0 Å². The van der Waals surface area contributed by atoms with E-state index in [2.05, 4.69) is 12.2 Å². The van der Waals surface area contributed by atoms with Crippen molar-refractivity contribution in [3.63, 3.8) is 0 Å². The Morgan fingerprint density at radius 1 is 1.25 bits per heavy atom. The molecule has 1 aromatic rings. The van der Waals surface area contributed by atoms with Crippen molar-refractivity contribution in [3.8, 4) is 0 Å². The first-order valence-electron chi connectivity index (χ1n) is 8.66. The summed E-state index contributed by atoms with van der Waals surface area (Å²) >= 11 is 0. The van der Waals surface area contributed by atoms with E-state index in [1.54, 1.807) is 0 Å². The van der Waals surface area contributed by atoms with E-state index in [0.29, 0.717) is 39.3 Å². The van der Waals surface area contributed by atoms with E-state index in [4.69, 9.17) is 9.47 Å². The van der Waals surface area contributed by atoms with E-state index in [0.717, 1.165) is 12.0 Å². The van der Waals surface area contributed by atoms with Crippen molar-refractivity contribution >= 4 is 5.97 Å². The van der Waals surface area contributed by atoms with Gasteiger partial charge in [-0.3, -0.25) is 9.18 Å². The number of alkyl halides is 1. The topological polar surface area (TPSA) is 49.6 Å². The second-order valence-electron chi connectivity index (χ2n) is 5.87. The highest BCUT2D eigenvalue weighted by atomic mass is 19.1. The first-order chi connectivity index (χ1) is 11.7. The van der Waals surface area contributed by atoms with Crippen LogP contribution in [-0.2, 0) is 20.9 Å². The zero-order valence-electron chi connectivity index (χ0n) is 14.7. The molecular weight excluding hydrogens is 309 g/mol. The van der Waals surface area contributed by atoms with Crippen molar-refractivity contribution in [3.05, 3.63) is 41.2 Å². The number of rotatable bonds is 13. The van der Waals surface area contributed by atoms with Crippen LogP contribution in [0.1, 0.15) is 32.3 Å². The lowest BCUT2D eigenvalue weighted by Crippen LogP contribution is -2.27. The van der Waals surface area contributed by atoms with Gasteiger partial charge in [-0.25, -0.2) is 0 Å². The summed E-state index contributed by atoms with van der Waals surface area (Å²) < 4.78 is 22.6. The minimum atomic E-state index is -0.361. The Balaban J connectivity index is 2.33. The molecule has 0 fully saturated rings. The third-order valence-electron chi connectivity index (χ3n) is 4.00. The molecule has 4 nitrogen and oxygen atoms in total. The van der Waals surface area contributed by atoms with E-state index in [9.17, 15) is 9.18 Å². The minimum absolute atomic E-state index is 0.199. The van der Waals surface area contributed by atoms with Gasteiger partial charge < -0.3 is 14.8 Å². The highest BCUT2D eigenvalue weighted by molar-refractivity contribution is 5.73. The van der Waals surface area contributed by atoms with Gasteiger partial charge in [-0.1, -0.05) is 50.6 Å². The average Bonchev–Trinajstić information content (AvgIpc) is 2.62. The van der Waals surface area contributed by atoms with Crippen LogP contribution in [0.5, 0.6) is 0 Å². The molecule has 0 heterocycles. The lowest BCUT2D eigenvalue weighted by atomic mass is 9.91. The van der Waals surface area contributed by atoms with E-state index < -0.39 is 0 Å². The van der Waals surface area contributed by atoms with Crippen molar-refractivity contribution < 1.29 is 18.7 Å². The van der Waals surface area contributed by atoms with Gasteiger partial charge in [0.05, 0.1) is 6.67 Å². The normalized spacial score (nSPS) is 13.5. The molecule has 1 aromatic carbocycles. The molecular formula is C19H29FNO3-. The lowest BCUT2D eigenvalue weighted by molar-refractivity contribution is -0.151. The van der Waals surface area contributed by atoms with Gasteiger partial charge in [-0.2, -0.15) is 0 Å². The molecule has 0 amide bonds. The Labute approximate surface area is 144 Å². The molecule has 0 aliphatic carbocycles. The Morgan fingerprint density at radius 2 is 2.00 bits per heavy atom. The molecule has 0 saturated heterocycles. The number of carbonyl (C=O) groups excluding carboxylic acids is 1. The van der Waals surface area contributed by atoms with Crippen LogP contribution in [0.25, 0.3) is 5.32 Å². The molecule has 0 spiro atoms. The van der Waals surface area contributed by atoms with Crippen molar-refractivity contribution in [2.24, 2.45) is 11.8 Å². The molecule has 5 heteroatoms. The fourth-order valence-corrected chi connectivity index (χ4v) is 2.23. The fraction of sp³-hybridized carbons (Fsp3) is 0.632. The second-order valence-corrected chi connectivity index (χ2v) is 5.87. The third-order valence-corrected chi connectivity index (χ3v) is 4.00. The van der Waals surface area contributed by atoms with Gasteiger partial charge in [0.25, 0.3) is 0 Å². The standard InChI is InChI=1S/C19H29FNO3/c1-3-16(2)18(14-21-11-13-23-12-7-10-20)19(22)24-15-17-8-5-4-6-9-17/h4-6,8-9,16,18H,3,7,10-15H2,1-2H3/q-1/t16-,18?/m0/s1. The zero-order chi connectivity index (χ0) is 17.6. The number of carbonyl (C=O) groups is 1. The smallest absolute Gasteiger partial charge is 0.307 e. The maximum atomic E-state index is 12.4. The van der Waals surface area contributed by atoms with E-state index >= 15 is 0 Å². The number of benzene rings is 1. The molecule has 0 N–H and O–H groups in total. The number of ether oxygens (including phenoxy) is 2. The van der Waals surface area contributed by atoms with Gasteiger partial charge in [0.15, 0.2) is 0 Å². The summed E-state index contributed by atoms with van der Waals surface area (Å²) in [6, 6.07) is 9.65. The molecule has 1 rings (SSSR count). The maximum absolute atomic E-state index is 12.4. The van der Waals surface area contributed by atoms with Gasteiger partial charge in [0.1, 0.15) is 6.61 Å². The number of halogens is 1. The number of esters is 1. The van der Waals surface area contributed by atoms with Gasteiger partial charge >= 0.3 is 5.97 Å². The quantitative estimate of drug-likeness (QED) is 0.401. The summed E-state index contributed by atoms with van der Waals surface area (Å²) in [6.07, 6.45) is 1.31. The summed E-state index contributed by atoms with van der Waals surface area (Å²) in [7, 11) is 0. The summed E-state index contributed by atoms with van der Waals surface area (Å²) in [5.41, 5.74) is 0.979. The van der Waals surface area contributed by atoms with Crippen molar-refractivity contribution in [1.29, 1.82) is 0 Å². The van der Waals surface area contributed by atoms with Crippen LogP contribution >= 0.6 is 0 Å². The molecule has 0 radical (unpaired) electrons. The number of nitrogens with zero attached hydrogens (tertiary/aromatic N) is 1. The molecule has 0 bridgehead atoms. The molecule has 2 atom stereocenters. The van der Waals surface area contributed by atoms with E-state index in [1.807, 2.05) is 37.3 Å². The summed E-state index contributed by atoms with van der Waals surface area (Å²) in [5, 5.41) is 4.39. The van der Waals surface area contributed by atoms with Crippen LogP contribution in [0.15, 0.2) is 30.3 Å². The van der Waals surface area contributed by atoms with Crippen LogP contribution in [-0.4, -0.2) is 38.9 Å². The third kappa shape index (κ3) is 8.41. The highest BCUT2D eigenvalue weighted by Gasteiger charge is 2.22. The summed E-state index contributed by atoms with van der Waals surface area (Å²) in [5.74, 6) is -0.218. The van der Waals surface area contributed by atoms with Crippen LogP contribution in [0.2, 0.25) is 0 Å². The van der Waals surface area contributed by atoms with E-state index in [-0.39, 0.29) is 24.5 Å². The van der Waals surface area contributed by atoms with Crippen molar-refractivity contribution in [1.82, 2.24) is 0 Å². The van der Waals surface area contributed by atoms with Gasteiger partial charge in [-0.15, -0.1) is 13.1 Å². The Kier molecular flexibility index (Phi) is 11.1. The summed E-state index contributed by atoms with van der Waals surface area (Å²) in [6.45, 7) is 5.87. The first kappa shape index (κ1) is 20.6. The molecule has 24 heavy (non-hydrogen) atoms.